The molecule has 0 aromatic heterocycles. The third kappa shape index (κ3) is 0.789. The van der Waals surface area contributed by atoms with Gasteiger partial charge in [0.1, 0.15) is 0 Å². The molecule has 2 heteroatoms. The zero-order valence-corrected chi connectivity index (χ0v) is 6.27. The van der Waals surface area contributed by atoms with E-state index in [9.17, 15) is 5.11 Å². The molecule has 0 aromatic rings. The average Bonchev–Trinajstić information content (AvgIpc) is 2.48. The minimum Gasteiger partial charge on any atom is -0.391 e. The van der Waals surface area contributed by atoms with Crippen LogP contribution in [0.3, 0.4) is 0 Å². The molecule has 1 spiro atoms. The van der Waals surface area contributed by atoms with Crippen LogP contribution in [0.2, 0.25) is 0 Å². The van der Waals surface area contributed by atoms with Gasteiger partial charge in [-0.05, 0) is 12.8 Å². The van der Waals surface area contributed by atoms with Crippen LogP contribution >= 0.6 is 0 Å². The molecule has 10 heavy (non-hydrogen) atoms. The van der Waals surface area contributed by atoms with Crippen LogP contribution in [0.5, 0.6) is 0 Å². The van der Waals surface area contributed by atoms with Crippen molar-refractivity contribution in [3.05, 3.63) is 0 Å². The average molecular weight is 141 g/mol. The van der Waals surface area contributed by atoms with Crippen molar-refractivity contribution < 1.29 is 5.11 Å². The fourth-order valence-corrected chi connectivity index (χ4v) is 2.38. The van der Waals surface area contributed by atoms with Crippen LogP contribution in [0.4, 0.5) is 0 Å². The summed E-state index contributed by atoms with van der Waals surface area (Å²) in [6.07, 6.45) is 5.05. The van der Waals surface area contributed by atoms with E-state index in [0.717, 1.165) is 13.1 Å². The van der Waals surface area contributed by atoms with E-state index < -0.39 is 0 Å². The van der Waals surface area contributed by atoms with E-state index in [2.05, 4.69) is 5.32 Å². The van der Waals surface area contributed by atoms with E-state index in [1.54, 1.807) is 0 Å². The normalized spacial score (nSPS) is 37.5. The van der Waals surface area contributed by atoms with Gasteiger partial charge in [-0.15, -0.1) is 0 Å². The molecule has 2 nitrogen and oxygen atoms in total. The predicted molar refractivity (Wildman–Crippen MR) is 39.8 cm³/mol. The highest BCUT2D eigenvalue weighted by Crippen LogP contribution is 2.42. The third-order valence-electron chi connectivity index (χ3n) is 3.12. The van der Waals surface area contributed by atoms with Crippen LogP contribution in [0.15, 0.2) is 0 Å². The molecular weight excluding hydrogens is 126 g/mol. The van der Waals surface area contributed by atoms with Gasteiger partial charge in [-0.3, -0.25) is 0 Å². The standard InChI is InChI=1S/C8H15NO/c10-7-5-9-6-8(7)3-1-2-4-8/h7,9-10H,1-6H2. The zero-order valence-electron chi connectivity index (χ0n) is 6.27. The minimum absolute atomic E-state index is 0.0602. The lowest BCUT2D eigenvalue weighted by Crippen LogP contribution is -2.30. The van der Waals surface area contributed by atoms with Crippen molar-refractivity contribution in [2.24, 2.45) is 5.41 Å². The van der Waals surface area contributed by atoms with Gasteiger partial charge < -0.3 is 10.4 Å². The maximum Gasteiger partial charge on any atom is 0.0732 e. The Bertz CT molecular complexity index is 124. The van der Waals surface area contributed by atoms with E-state index in [1.165, 1.54) is 25.7 Å². The van der Waals surface area contributed by atoms with E-state index in [0.29, 0.717) is 5.41 Å². The molecule has 1 saturated carbocycles. The highest BCUT2D eigenvalue weighted by atomic mass is 16.3. The van der Waals surface area contributed by atoms with Crippen molar-refractivity contribution in [1.29, 1.82) is 0 Å². The van der Waals surface area contributed by atoms with Crippen LogP contribution in [0, 0.1) is 5.41 Å². The highest BCUT2D eigenvalue weighted by molar-refractivity contribution is 4.97. The quantitative estimate of drug-likeness (QED) is 0.515. The van der Waals surface area contributed by atoms with Crippen molar-refractivity contribution >= 4 is 0 Å². The molecule has 1 atom stereocenters. The summed E-state index contributed by atoms with van der Waals surface area (Å²) in [5, 5.41) is 12.9. The molecule has 1 saturated heterocycles. The van der Waals surface area contributed by atoms with Crippen LogP contribution in [-0.4, -0.2) is 24.3 Å². The highest BCUT2D eigenvalue weighted by Gasteiger charge is 2.43. The van der Waals surface area contributed by atoms with E-state index >= 15 is 0 Å². The van der Waals surface area contributed by atoms with Gasteiger partial charge in [0, 0.05) is 18.5 Å². The SMILES string of the molecule is OC1CNCC12CCCC2. The van der Waals surface area contributed by atoms with Crippen LogP contribution in [0.25, 0.3) is 0 Å². The van der Waals surface area contributed by atoms with Gasteiger partial charge in [-0.1, -0.05) is 12.8 Å². The summed E-state index contributed by atoms with van der Waals surface area (Å²) in [4.78, 5) is 0. The Morgan fingerprint density at radius 1 is 1.30 bits per heavy atom. The summed E-state index contributed by atoms with van der Waals surface area (Å²) in [5.41, 5.74) is 0.292. The van der Waals surface area contributed by atoms with Gasteiger partial charge in [0.2, 0.25) is 0 Å². The Kier molecular flexibility index (Phi) is 1.46. The van der Waals surface area contributed by atoms with Gasteiger partial charge in [0.25, 0.3) is 0 Å². The first kappa shape index (κ1) is 6.62. The molecule has 1 aliphatic carbocycles. The number of rotatable bonds is 0. The fourth-order valence-electron chi connectivity index (χ4n) is 2.38. The lowest BCUT2D eigenvalue weighted by atomic mass is 9.83. The van der Waals surface area contributed by atoms with E-state index in [1.807, 2.05) is 0 Å². The van der Waals surface area contributed by atoms with Crippen molar-refractivity contribution in [3.63, 3.8) is 0 Å². The van der Waals surface area contributed by atoms with Crippen molar-refractivity contribution in [1.82, 2.24) is 5.32 Å². The number of aliphatic hydroxyl groups excluding tert-OH is 1. The third-order valence-corrected chi connectivity index (χ3v) is 3.12. The molecule has 0 radical (unpaired) electrons. The number of aliphatic hydroxyl groups is 1. The molecule has 2 rings (SSSR count). The first-order valence-corrected chi connectivity index (χ1v) is 4.22. The smallest absolute Gasteiger partial charge is 0.0732 e. The van der Waals surface area contributed by atoms with Crippen molar-refractivity contribution in [3.8, 4) is 0 Å². The van der Waals surface area contributed by atoms with E-state index in [-0.39, 0.29) is 6.10 Å². The van der Waals surface area contributed by atoms with Crippen LogP contribution in [0.1, 0.15) is 25.7 Å². The summed E-state index contributed by atoms with van der Waals surface area (Å²) < 4.78 is 0. The van der Waals surface area contributed by atoms with Gasteiger partial charge in [-0.25, -0.2) is 0 Å². The second kappa shape index (κ2) is 2.21. The first-order valence-electron chi connectivity index (χ1n) is 4.22. The van der Waals surface area contributed by atoms with Crippen molar-refractivity contribution in [2.75, 3.05) is 13.1 Å². The number of β-amino-alcohol motifs (C(OH)–C–C–N with tert-alkyl or cyclic N) is 1. The van der Waals surface area contributed by atoms with Gasteiger partial charge >= 0.3 is 0 Å². The Balaban J connectivity index is 2.11. The van der Waals surface area contributed by atoms with Gasteiger partial charge in [0.15, 0.2) is 0 Å². The molecule has 58 valence electrons. The molecule has 0 aromatic carbocycles. The molecule has 2 aliphatic rings. The first-order chi connectivity index (χ1) is 4.83. The minimum atomic E-state index is -0.0602. The number of nitrogens with one attached hydrogen (secondary N) is 1. The largest absolute Gasteiger partial charge is 0.391 e. The summed E-state index contributed by atoms with van der Waals surface area (Å²) in [7, 11) is 0. The summed E-state index contributed by atoms with van der Waals surface area (Å²) in [6.45, 7) is 1.87. The van der Waals surface area contributed by atoms with E-state index in [4.69, 9.17) is 0 Å². The Labute approximate surface area is 61.6 Å². The second-order valence-corrected chi connectivity index (χ2v) is 3.72. The Morgan fingerprint density at radius 3 is 2.50 bits per heavy atom. The molecule has 2 fully saturated rings. The molecule has 0 amide bonds. The van der Waals surface area contributed by atoms with Crippen molar-refractivity contribution in [2.45, 2.75) is 31.8 Å². The lowest BCUT2D eigenvalue weighted by Gasteiger charge is -2.25. The lowest BCUT2D eigenvalue weighted by molar-refractivity contribution is 0.0743. The topological polar surface area (TPSA) is 32.3 Å². The van der Waals surface area contributed by atoms with Crippen LogP contribution < -0.4 is 5.32 Å². The summed E-state index contributed by atoms with van der Waals surface area (Å²) >= 11 is 0. The monoisotopic (exact) mass is 141 g/mol. The number of hydrogen-bond donors (Lipinski definition) is 2. The second-order valence-electron chi connectivity index (χ2n) is 3.72. The molecule has 2 N–H and O–H groups in total. The maximum atomic E-state index is 9.62. The molecule has 0 bridgehead atoms. The molecular formula is C8H15NO. The molecule has 1 aliphatic heterocycles. The van der Waals surface area contributed by atoms with Crippen LogP contribution in [-0.2, 0) is 0 Å². The summed E-state index contributed by atoms with van der Waals surface area (Å²) in [6, 6.07) is 0. The maximum absolute atomic E-state index is 9.62. The van der Waals surface area contributed by atoms with Gasteiger partial charge in [0.05, 0.1) is 6.10 Å². The molecule has 1 unspecified atom stereocenters. The Hall–Kier alpha value is -0.0800. The predicted octanol–water partition coefficient (Wildman–Crippen LogP) is 0.511. The number of hydrogen-bond acceptors (Lipinski definition) is 2. The Morgan fingerprint density at radius 2 is 2.00 bits per heavy atom. The molecule has 1 heterocycles. The van der Waals surface area contributed by atoms with Gasteiger partial charge in [-0.2, -0.15) is 0 Å². The summed E-state index contributed by atoms with van der Waals surface area (Å²) in [5.74, 6) is 0. The fraction of sp³-hybridized carbons (Fsp3) is 1.00. The zero-order chi connectivity index (χ0) is 7.03.